The average Bonchev–Trinajstić information content (AvgIpc) is 2.49. The van der Waals surface area contributed by atoms with Crippen LogP contribution in [0.1, 0.15) is 30.9 Å². The van der Waals surface area contributed by atoms with E-state index in [1.807, 2.05) is 12.1 Å². The normalized spacial score (nSPS) is 17.3. The van der Waals surface area contributed by atoms with E-state index in [1.54, 1.807) is 0 Å². The molecule has 1 saturated heterocycles. The van der Waals surface area contributed by atoms with E-state index >= 15 is 0 Å². The summed E-state index contributed by atoms with van der Waals surface area (Å²) in [4.78, 5) is 15.6. The van der Waals surface area contributed by atoms with Gasteiger partial charge in [-0.15, -0.1) is 0 Å². The topological polar surface area (TPSA) is 43.8 Å². The first-order valence-corrected chi connectivity index (χ1v) is 7.80. The Kier molecular flexibility index (Phi) is 5.76. The van der Waals surface area contributed by atoms with Crippen molar-refractivity contribution < 1.29 is 9.90 Å². The van der Waals surface area contributed by atoms with Crippen molar-refractivity contribution in [3.05, 3.63) is 35.4 Å². The van der Waals surface area contributed by atoms with Crippen LogP contribution >= 0.6 is 0 Å². The summed E-state index contributed by atoms with van der Waals surface area (Å²) >= 11 is 0. The Morgan fingerprint density at radius 3 is 2.33 bits per heavy atom. The Labute approximate surface area is 127 Å². The van der Waals surface area contributed by atoms with E-state index in [0.29, 0.717) is 6.04 Å². The summed E-state index contributed by atoms with van der Waals surface area (Å²) in [5.74, 6) is -0.775. The number of rotatable bonds is 6. The Morgan fingerprint density at radius 1 is 1.24 bits per heavy atom. The quantitative estimate of drug-likeness (QED) is 0.872. The molecule has 1 heterocycles. The third kappa shape index (κ3) is 4.83. The average molecular weight is 290 g/mol. The lowest BCUT2D eigenvalue weighted by Crippen LogP contribution is -2.42. The molecule has 4 nitrogen and oxygen atoms in total. The van der Waals surface area contributed by atoms with Crippen molar-refractivity contribution in [1.82, 2.24) is 9.80 Å². The second kappa shape index (κ2) is 7.57. The summed E-state index contributed by atoms with van der Waals surface area (Å²) in [7, 11) is 2.19. The predicted molar refractivity (Wildman–Crippen MR) is 84.4 cm³/mol. The lowest BCUT2D eigenvalue weighted by atomic mass is 10.0. The number of benzene rings is 1. The van der Waals surface area contributed by atoms with Gasteiger partial charge in [-0.3, -0.25) is 9.69 Å². The summed E-state index contributed by atoms with van der Waals surface area (Å²) in [5, 5.41) is 8.78. The summed E-state index contributed by atoms with van der Waals surface area (Å²) in [6.07, 6.45) is 2.58. The molecule has 0 aromatic heterocycles. The summed E-state index contributed by atoms with van der Waals surface area (Å²) in [6, 6.07) is 8.62. The Hall–Kier alpha value is -1.39. The maximum absolute atomic E-state index is 10.7. The maximum atomic E-state index is 10.7. The van der Waals surface area contributed by atoms with Crippen LogP contribution in [0.15, 0.2) is 24.3 Å². The molecule has 0 amide bonds. The highest BCUT2D eigenvalue weighted by atomic mass is 16.4. The smallest absolute Gasteiger partial charge is 0.307 e. The van der Waals surface area contributed by atoms with Gasteiger partial charge in [0.15, 0.2) is 0 Å². The molecule has 0 unspecified atom stereocenters. The van der Waals surface area contributed by atoms with E-state index in [1.165, 1.54) is 31.5 Å². The number of carbonyl (C=O) groups is 1. The molecule has 0 spiro atoms. The standard InChI is InChI=1S/C17H26N2O2/c1-3-19-10-8-16(9-11-19)18(2)13-15-6-4-14(5-7-15)12-17(20)21/h4-7,16H,3,8-13H2,1-2H3,(H,20,21). The number of hydrogen-bond donors (Lipinski definition) is 1. The molecule has 2 rings (SSSR count). The van der Waals surface area contributed by atoms with Gasteiger partial charge < -0.3 is 10.0 Å². The molecular weight excluding hydrogens is 264 g/mol. The van der Waals surface area contributed by atoms with Gasteiger partial charge in [0.25, 0.3) is 0 Å². The number of carboxylic acid groups (broad SMARTS) is 1. The van der Waals surface area contributed by atoms with E-state index in [0.717, 1.165) is 18.7 Å². The van der Waals surface area contributed by atoms with Crippen molar-refractivity contribution in [3.63, 3.8) is 0 Å². The highest BCUT2D eigenvalue weighted by Gasteiger charge is 2.21. The zero-order valence-corrected chi connectivity index (χ0v) is 13.1. The molecule has 1 aliphatic heterocycles. The molecule has 116 valence electrons. The van der Waals surface area contributed by atoms with E-state index in [2.05, 4.69) is 35.9 Å². The van der Waals surface area contributed by atoms with Crippen molar-refractivity contribution in [2.75, 3.05) is 26.7 Å². The number of nitrogens with zero attached hydrogens (tertiary/aromatic N) is 2. The summed E-state index contributed by atoms with van der Waals surface area (Å²) < 4.78 is 0. The molecule has 4 heteroatoms. The minimum absolute atomic E-state index is 0.103. The fourth-order valence-corrected chi connectivity index (χ4v) is 3.03. The third-order valence-corrected chi connectivity index (χ3v) is 4.44. The zero-order chi connectivity index (χ0) is 15.2. The van der Waals surface area contributed by atoms with Gasteiger partial charge in [-0.25, -0.2) is 0 Å². The van der Waals surface area contributed by atoms with E-state index in [9.17, 15) is 4.79 Å². The highest BCUT2D eigenvalue weighted by molar-refractivity contribution is 5.70. The number of hydrogen-bond acceptors (Lipinski definition) is 3. The van der Waals surface area contributed by atoms with Crippen LogP contribution < -0.4 is 0 Å². The zero-order valence-electron chi connectivity index (χ0n) is 13.1. The molecule has 0 atom stereocenters. The second-order valence-corrected chi connectivity index (χ2v) is 5.97. The number of aliphatic carboxylic acids is 1. The summed E-state index contributed by atoms with van der Waals surface area (Å²) in [6.45, 7) is 6.71. The second-order valence-electron chi connectivity index (χ2n) is 5.97. The van der Waals surface area contributed by atoms with Gasteiger partial charge >= 0.3 is 5.97 Å². The fraction of sp³-hybridized carbons (Fsp3) is 0.588. The Balaban J connectivity index is 1.85. The monoisotopic (exact) mass is 290 g/mol. The van der Waals surface area contributed by atoms with Crippen LogP contribution in [0.2, 0.25) is 0 Å². The van der Waals surface area contributed by atoms with Gasteiger partial charge in [-0.05, 0) is 50.7 Å². The lowest BCUT2D eigenvalue weighted by Gasteiger charge is -2.36. The van der Waals surface area contributed by atoms with Crippen LogP contribution in [0.25, 0.3) is 0 Å². The van der Waals surface area contributed by atoms with E-state index < -0.39 is 5.97 Å². The number of carboxylic acids is 1. The SMILES string of the molecule is CCN1CCC(N(C)Cc2ccc(CC(=O)O)cc2)CC1. The van der Waals surface area contributed by atoms with Crippen molar-refractivity contribution >= 4 is 5.97 Å². The maximum Gasteiger partial charge on any atom is 0.307 e. The minimum atomic E-state index is -0.775. The van der Waals surface area contributed by atoms with Crippen LogP contribution in [0.4, 0.5) is 0 Å². The molecule has 1 aliphatic rings. The molecule has 0 aliphatic carbocycles. The van der Waals surface area contributed by atoms with Crippen LogP contribution in [0.5, 0.6) is 0 Å². The van der Waals surface area contributed by atoms with Gasteiger partial charge in [0, 0.05) is 12.6 Å². The molecule has 0 saturated carbocycles. The molecular formula is C17H26N2O2. The first-order chi connectivity index (χ1) is 10.1. The van der Waals surface area contributed by atoms with Gasteiger partial charge in [0.1, 0.15) is 0 Å². The molecule has 1 aromatic carbocycles. The first-order valence-electron chi connectivity index (χ1n) is 7.80. The van der Waals surface area contributed by atoms with Crippen molar-refractivity contribution in [2.24, 2.45) is 0 Å². The van der Waals surface area contributed by atoms with Crippen molar-refractivity contribution in [1.29, 1.82) is 0 Å². The van der Waals surface area contributed by atoms with Crippen LogP contribution in [-0.2, 0) is 17.8 Å². The van der Waals surface area contributed by atoms with E-state index in [-0.39, 0.29) is 6.42 Å². The Bertz CT molecular complexity index is 450. The van der Waals surface area contributed by atoms with Gasteiger partial charge in [-0.1, -0.05) is 31.2 Å². The first kappa shape index (κ1) is 16.0. The Morgan fingerprint density at radius 2 is 1.81 bits per heavy atom. The fourth-order valence-electron chi connectivity index (χ4n) is 3.03. The molecule has 1 fully saturated rings. The van der Waals surface area contributed by atoms with Gasteiger partial charge in [-0.2, -0.15) is 0 Å². The van der Waals surface area contributed by atoms with Crippen LogP contribution in [0, 0.1) is 0 Å². The van der Waals surface area contributed by atoms with Crippen LogP contribution in [0.3, 0.4) is 0 Å². The largest absolute Gasteiger partial charge is 0.481 e. The predicted octanol–water partition coefficient (Wildman–Crippen LogP) is 2.23. The van der Waals surface area contributed by atoms with Gasteiger partial charge in [0.05, 0.1) is 6.42 Å². The number of piperidine rings is 1. The van der Waals surface area contributed by atoms with Crippen LogP contribution in [-0.4, -0.2) is 53.6 Å². The van der Waals surface area contributed by atoms with Crippen molar-refractivity contribution in [2.45, 2.75) is 38.8 Å². The summed E-state index contributed by atoms with van der Waals surface area (Å²) in [5.41, 5.74) is 2.12. The molecule has 0 radical (unpaired) electrons. The van der Waals surface area contributed by atoms with Crippen molar-refractivity contribution in [3.8, 4) is 0 Å². The molecule has 1 aromatic rings. The third-order valence-electron chi connectivity index (χ3n) is 4.44. The minimum Gasteiger partial charge on any atom is -0.481 e. The molecule has 21 heavy (non-hydrogen) atoms. The van der Waals surface area contributed by atoms with Gasteiger partial charge in [0.2, 0.25) is 0 Å². The highest BCUT2D eigenvalue weighted by Crippen LogP contribution is 2.17. The molecule has 1 N–H and O–H groups in total. The molecule has 0 bridgehead atoms. The van der Waals surface area contributed by atoms with E-state index in [4.69, 9.17) is 5.11 Å². The lowest BCUT2D eigenvalue weighted by molar-refractivity contribution is -0.136. The number of likely N-dealkylation sites (tertiary alicyclic amines) is 1.